The number of fused-ring (bicyclic) bond motifs is 2. The average molecular weight is 476 g/mol. The van der Waals surface area contributed by atoms with E-state index in [4.69, 9.17) is 0 Å². The fourth-order valence-electron chi connectivity index (χ4n) is 4.12. The summed E-state index contributed by atoms with van der Waals surface area (Å²) in [5.41, 5.74) is 6.85. The van der Waals surface area contributed by atoms with E-state index in [0.29, 0.717) is 19.5 Å². The molecule has 0 saturated heterocycles. The Morgan fingerprint density at radius 2 is 2.09 bits per heavy atom. The molecule has 0 radical (unpaired) electrons. The number of nitrogens with zero attached hydrogens (tertiary/aromatic N) is 4. The van der Waals surface area contributed by atoms with E-state index in [-0.39, 0.29) is 11.4 Å². The first kappa shape index (κ1) is 22.5. The smallest absolute Gasteiger partial charge is 0.224 e. The number of H-pyrrole nitrogens is 1. The maximum absolute atomic E-state index is 12.6. The molecule has 5 rings (SSSR count). The van der Waals surface area contributed by atoms with Crippen LogP contribution in [0.5, 0.6) is 0 Å². The Labute approximate surface area is 202 Å². The van der Waals surface area contributed by atoms with Gasteiger partial charge in [0, 0.05) is 43.0 Å². The van der Waals surface area contributed by atoms with Crippen LogP contribution < -0.4 is 10.6 Å². The van der Waals surface area contributed by atoms with Gasteiger partial charge in [0.1, 0.15) is 17.8 Å². The zero-order chi connectivity index (χ0) is 23.7. The van der Waals surface area contributed by atoms with Crippen LogP contribution in [-0.4, -0.2) is 55.9 Å². The molecule has 176 valence electrons. The van der Waals surface area contributed by atoms with E-state index in [1.54, 1.807) is 17.7 Å². The number of hydrogen-bond acceptors (Lipinski definition) is 7. The van der Waals surface area contributed by atoms with Crippen molar-refractivity contribution in [2.75, 3.05) is 25.0 Å². The molecular formula is C25H29N7OS. The zero-order valence-corrected chi connectivity index (χ0v) is 20.5. The lowest BCUT2D eigenvalue weighted by Crippen LogP contribution is -2.40. The van der Waals surface area contributed by atoms with Crippen LogP contribution in [0.1, 0.15) is 39.3 Å². The van der Waals surface area contributed by atoms with E-state index in [9.17, 15) is 4.79 Å². The van der Waals surface area contributed by atoms with E-state index in [1.807, 2.05) is 22.5 Å². The number of benzene rings is 1. The normalized spacial score (nSPS) is 14.6. The summed E-state index contributed by atoms with van der Waals surface area (Å²) in [6, 6.07) is 8.20. The molecule has 8 nitrogen and oxygen atoms in total. The number of amides is 1. The Morgan fingerprint density at radius 3 is 2.88 bits per heavy atom. The average Bonchev–Trinajstić information content (AvgIpc) is 3.45. The lowest BCUT2D eigenvalue weighted by molar-refractivity contribution is -0.130. The highest BCUT2D eigenvalue weighted by atomic mass is 32.1. The van der Waals surface area contributed by atoms with Crippen LogP contribution >= 0.6 is 11.3 Å². The predicted molar refractivity (Wildman–Crippen MR) is 138 cm³/mol. The molecule has 1 aliphatic heterocycles. The number of rotatable bonds is 6. The quantitative estimate of drug-likeness (QED) is 0.374. The molecule has 1 aliphatic rings. The van der Waals surface area contributed by atoms with Gasteiger partial charge in [-0.3, -0.25) is 4.79 Å². The van der Waals surface area contributed by atoms with Gasteiger partial charge in [0.2, 0.25) is 5.91 Å². The highest BCUT2D eigenvalue weighted by Crippen LogP contribution is 2.30. The Balaban J connectivity index is 1.29. The van der Waals surface area contributed by atoms with Gasteiger partial charge in [0.05, 0.1) is 21.1 Å². The number of thiazole rings is 1. The molecular weight excluding hydrogens is 446 g/mol. The maximum atomic E-state index is 12.6. The molecule has 1 aromatic carbocycles. The van der Waals surface area contributed by atoms with Crippen LogP contribution in [0.3, 0.4) is 0 Å². The van der Waals surface area contributed by atoms with Crippen molar-refractivity contribution in [1.82, 2.24) is 30.2 Å². The molecule has 0 atom stereocenters. The lowest BCUT2D eigenvalue weighted by atomic mass is 10.0. The fraction of sp³-hybridized carbons (Fsp3) is 0.360. The van der Waals surface area contributed by atoms with E-state index in [1.165, 1.54) is 5.57 Å². The van der Waals surface area contributed by atoms with Crippen molar-refractivity contribution in [2.24, 2.45) is 0 Å². The number of aromatic amines is 1. The molecule has 9 heteroatoms. The zero-order valence-electron chi connectivity index (χ0n) is 19.7. The number of carbonyl (C=O) groups excluding carboxylic acids is 1. The van der Waals surface area contributed by atoms with Crippen molar-refractivity contribution >= 4 is 55.6 Å². The second-order valence-corrected chi connectivity index (χ2v) is 10.5. The van der Waals surface area contributed by atoms with Gasteiger partial charge in [-0.1, -0.05) is 6.08 Å². The van der Waals surface area contributed by atoms with Gasteiger partial charge >= 0.3 is 0 Å². The molecule has 4 aromatic rings. The molecule has 3 aromatic heterocycles. The van der Waals surface area contributed by atoms with Crippen LogP contribution in [0.15, 0.2) is 42.2 Å². The Morgan fingerprint density at radius 1 is 1.21 bits per heavy atom. The molecule has 4 heterocycles. The summed E-state index contributed by atoms with van der Waals surface area (Å²) in [6.45, 7) is 8.38. The number of anilines is 2. The molecule has 1 amide bonds. The summed E-state index contributed by atoms with van der Waals surface area (Å²) in [4.78, 5) is 31.2. The Bertz CT molecular complexity index is 1360. The minimum atomic E-state index is 0.0232. The minimum Gasteiger partial charge on any atom is -0.340 e. The van der Waals surface area contributed by atoms with Gasteiger partial charge in [0.15, 0.2) is 0 Å². The van der Waals surface area contributed by atoms with Crippen molar-refractivity contribution in [3.63, 3.8) is 0 Å². The lowest BCUT2D eigenvalue weighted by Gasteiger charge is -2.27. The maximum Gasteiger partial charge on any atom is 0.224 e. The third-order valence-electron chi connectivity index (χ3n) is 5.92. The Hall–Kier alpha value is -3.30. The topological polar surface area (TPSA) is 98.8 Å². The van der Waals surface area contributed by atoms with E-state index in [2.05, 4.69) is 69.5 Å². The molecule has 0 fully saturated rings. The molecule has 0 bridgehead atoms. The second-order valence-electron chi connectivity index (χ2n) is 9.57. The van der Waals surface area contributed by atoms with E-state index < -0.39 is 0 Å². The van der Waals surface area contributed by atoms with Crippen molar-refractivity contribution in [3.8, 4) is 0 Å². The third kappa shape index (κ3) is 4.95. The highest BCUT2D eigenvalue weighted by Gasteiger charge is 2.20. The van der Waals surface area contributed by atoms with Crippen molar-refractivity contribution in [1.29, 1.82) is 0 Å². The SMILES string of the molecule is CC(C)(C)NCCC(=O)N1CC=C(c2cc3c(Nc4ccc5ncsc5c4)ncnc3[nH]2)CC1. The summed E-state index contributed by atoms with van der Waals surface area (Å²) in [5, 5.41) is 7.75. The second kappa shape index (κ2) is 9.15. The van der Waals surface area contributed by atoms with Crippen molar-refractivity contribution < 1.29 is 4.79 Å². The van der Waals surface area contributed by atoms with Crippen LogP contribution in [0.25, 0.3) is 26.8 Å². The van der Waals surface area contributed by atoms with Gasteiger partial charge in [-0.15, -0.1) is 11.3 Å². The van der Waals surface area contributed by atoms with Gasteiger partial charge in [-0.25, -0.2) is 15.0 Å². The molecule has 0 saturated carbocycles. The first-order valence-corrected chi connectivity index (χ1v) is 12.4. The number of nitrogens with one attached hydrogen (secondary N) is 3. The largest absolute Gasteiger partial charge is 0.340 e. The number of hydrogen-bond donors (Lipinski definition) is 3. The number of aromatic nitrogens is 4. The van der Waals surface area contributed by atoms with Crippen molar-refractivity contribution in [2.45, 2.75) is 39.2 Å². The predicted octanol–water partition coefficient (Wildman–Crippen LogP) is 4.71. The van der Waals surface area contributed by atoms with Crippen molar-refractivity contribution in [3.05, 3.63) is 47.9 Å². The van der Waals surface area contributed by atoms with Gasteiger partial charge in [-0.05, 0) is 57.0 Å². The monoisotopic (exact) mass is 475 g/mol. The molecule has 3 N–H and O–H groups in total. The summed E-state index contributed by atoms with van der Waals surface area (Å²) < 4.78 is 1.13. The van der Waals surface area contributed by atoms with Crippen LogP contribution in [0.4, 0.5) is 11.5 Å². The third-order valence-corrected chi connectivity index (χ3v) is 6.71. The summed E-state index contributed by atoms with van der Waals surface area (Å²) in [7, 11) is 0. The van der Waals surface area contributed by atoms with Crippen LogP contribution in [0.2, 0.25) is 0 Å². The molecule has 34 heavy (non-hydrogen) atoms. The van der Waals surface area contributed by atoms with Crippen LogP contribution in [0, 0.1) is 0 Å². The Kier molecular flexibility index (Phi) is 6.05. The van der Waals surface area contributed by atoms with Gasteiger partial charge < -0.3 is 20.5 Å². The van der Waals surface area contributed by atoms with E-state index >= 15 is 0 Å². The standard InChI is InChI=1S/C25H29N7OS/c1-25(2,3)29-9-6-22(33)32-10-7-16(8-11-32)20-13-18-23(26-14-27-24(18)31-20)30-17-4-5-19-21(12-17)34-15-28-19/h4-5,7,12-15,29H,6,8-11H2,1-3H3,(H2,26,27,30,31). The van der Waals surface area contributed by atoms with Gasteiger partial charge in [-0.2, -0.15) is 0 Å². The summed E-state index contributed by atoms with van der Waals surface area (Å²) in [6.07, 6.45) is 5.03. The summed E-state index contributed by atoms with van der Waals surface area (Å²) in [5.74, 6) is 0.954. The molecule has 0 aliphatic carbocycles. The van der Waals surface area contributed by atoms with Gasteiger partial charge in [0.25, 0.3) is 0 Å². The first-order chi connectivity index (χ1) is 16.4. The first-order valence-electron chi connectivity index (χ1n) is 11.5. The fourth-order valence-corrected chi connectivity index (χ4v) is 4.84. The highest BCUT2D eigenvalue weighted by molar-refractivity contribution is 7.16. The summed E-state index contributed by atoms with van der Waals surface area (Å²) >= 11 is 1.62. The molecule has 0 unspecified atom stereocenters. The minimum absolute atomic E-state index is 0.0232. The van der Waals surface area contributed by atoms with Crippen LogP contribution in [-0.2, 0) is 4.79 Å². The molecule has 0 spiro atoms. The number of carbonyl (C=O) groups is 1. The van der Waals surface area contributed by atoms with E-state index in [0.717, 1.165) is 51.4 Å².